The number of fused-ring (bicyclic) bond motifs is 14. The van der Waals surface area contributed by atoms with E-state index in [1.807, 2.05) is 23.5 Å². The zero-order valence-electron chi connectivity index (χ0n) is 26.1. The summed E-state index contributed by atoms with van der Waals surface area (Å²) in [4.78, 5) is 10.5. The number of thiophene rings is 1. The lowest BCUT2D eigenvalue weighted by Gasteiger charge is -2.12. The molecule has 226 valence electrons. The van der Waals surface area contributed by atoms with E-state index in [0.29, 0.717) is 0 Å². The lowest BCUT2D eigenvalue weighted by molar-refractivity contribution is 1.18. The summed E-state index contributed by atoms with van der Waals surface area (Å²) in [7, 11) is 0. The molecule has 5 aromatic heterocycles. The lowest BCUT2D eigenvalue weighted by Crippen LogP contribution is -1.95. The van der Waals surface area contributed by atoms with Crippen LogP contribution in [0.5, 0.6) is 0 Å². The molecule has 0 atom stereocenters. The Bertz CT molecular complexity index is 3330. The molecule has 49 heavy (non-hydrogen) atoms. The van der Waals surface area contributed by atoms with Crippen LogP contribution in [0, 0.1) is 0 Å². The molecule has 5 heteroatoms. The average Bonchev–Trinajstić information content (AvgIpc) is 3.89. The van der Waals surface area contributed by atoms with E-state index in [1.54, 1.807) is 0 Å². The summed E-state index contributed by atoms with van der Waals surface area (Å²) < 4.78 is 7.36. The molecular weight excluding hydrogens is 617 g/mol. The summed E-state index contributed by atoms with van der Waals surface area (Å²) in [5.74, 6) is 0. The molecule has 0 bridgehead atoms. The molecule has 0 saturated carbocycles. The standard InChI is InChI=1S/C44H24N4S/c1-2-11-26(12-3-1)47-36-19-8-4-13-28(36)30-16-10-15-27(41(30)47)25-21-22-37-31(23-25)32-24-33-29-14-5-9-20-38(29)49-43(33)39-40-44(48(37)42(32)39)46-35-18-7-6-17-34(35)45-40/h1-24H. The third-order valence-electron chi connectivity index (χ3n) is 10.4. The number of nitrogens with zero attached hydrogens (tertiary/aromatic N) is 4. The summed E-state index contributed by atoms with van der Waals surface area (Å²) in [6, 6.07) is 52.6. The summed E-state index contributed by atoms with van der Waals surface area (Å²) >= 11 is 1.86. The van der Waals surface area contributed by atoms with E-state index in [0.717, 1.165) is 33.4 Å². The molecule has 12 aromatic rings. The van der Waals surface area contributed by atoms with Crippen molar-refractivity contribution in [2.45, 2.75) is 0 Å². The SMILES string of the molecule is c1ccc(-n2c3ccccc3c3cccc(-c4ccc5c(c4)c4cc6c7ccccc7sc6c6c7nc8ccccc8nc7n5c46)c32)cc1. The second-order valence-electron chi connectivity index (χ2n) is 13.0. The molecule has 0 radical (unpaired) electrons. The van der Waals surface area contributed by atoms with Crippen LogP contribution in [0.4, 0.5) is 0 Å². The number of rotatable bonds is 2. The third kappa shape index (κ3) is 3.27. The summed E-state index contributed by atoms with van der Waals surface area (Å²) in [6.45, 7) is 0. The van der Waals surface area contributed by atoms with Gasteiger partial charge in [-0.25, -0.2) is 9.97 Å². The maximum atomic E-state index is 5.27. The molecule has 5 heterocycles. The smallest absolute Gasteiger partial charge is 0.165 e. The first kappa shape index (κ1) is 25.7. The molecule has 0 aliphatic heterocycles. The van der Waals surface area contributed by atoms with Gasteiger partial charge in [-0.05, 0) is 60.2 Å². The molecule has 0 saturated heterocycles. The minimum atomic E-state index is 0.911. The van der Waals surface area contributed by atoms with Crippen LogP contribution in [-0.2, 0) is 0 Å². The second-order valence-corrected chi connectivity index (χ2v) is 14.0. The van der Waals surface area contributed by atoms with Crippen LogP contribution in [0.25, 0.3) is 108 Å². The molecule has 0 unspecified atom stereocenters. The van der Waals surface area contributed by atoms with Crippen LogP contribution in [0.3, 0.4) is 0 Å². The summed E-state index contributed by atoms with van der Waals surface area (Å²) in [6.07, 6.45) is 0. The van der Waals surface area contributed by atoms with Crippen molar-refractivity contribution in [1.82, 2.24) is 18.9 Å². The van der Waals surface area contributed by atoms with Crippen molar-refractivity contribution in [3.05, 3.63) is 146 Å². The van der Waals surface area contributed by atoms with Crippen molar-refractivity contribution in [2.24, 2.45) is 0 Å². The highest BCUT2D eigenvalue weighted by Crippen LogP contribution is 2.48. The first-order valence-electron chi connectivity index (χ1n) is 16.6. The largest absolute Gasteiger partial charge is 0.309 e. The van der Waals surface area contributed by atoms with E-state index in [4.69, 9.17) is 9.97 Å². The Balaban J connectivity index is 1.24. The Kier molecular flexibility index (Phi) is 4.83. The van der Waals surface area contributed by atoms with E-state index in [-0.39, 0.29) is 0 Å². The van der Waals surface area contributed by atoms with Crippen LogP contribution in [-0.4, -0.2) is 18.9 Å². The van der Waals surface area contributed by atoms with Crippen molar-refractivity contribution in [2.75, 3.05) is 0 Å². The zero-order valence-corrected chi connectivity index (χ0v) is 26.9. The first-order chi connectivity index (χ1) is 24.3. The fourth-order valence-corrected chi connectivity index (χ4v) is 9.60. The van der Waals surface area contributed by atoms with Gasteiger partial charge in [0.25, 0.3) is 0 Å². The first-order valence-corrected chi connectivity index (χ1v) is 17.4. The topological polar surface area (TPSA) is 35.1 Å². The highest BCUT2D eigenvalue weighted by atomic mass is 32.1. The van der Waals surface area contributed by atoms with Gasteiger partial charge in [0.15, 0.2) is 5.65 Å². The van der Waals surface area contributed by atoms with Crippen LogP contribution in [0.2, 0.25) is 0 Å². The van der Waals surface area contributed by atoms with E-state index >= 15 is 0 Å². The predicted octanol–water partition coefficient (Wildman–Crippen LogP) is 11.9. The molecule has 0 aliphatic rings. The number of hydrogen-bond acceptors (Lipinski definition) is 3. The predicted molar refractivity (Wildman–Crippen MR) is 207 cm³/mol. The molecule has 12 rings (SSSR count). The Hall–Kier alpha value is -6.30. The molecule has 7 aromatic carbocycles. The molecular formula is C44H24N4S. The fourth-order valence-electron chi connectivity index (χ4n) is 8.37. The van der Waals surface area contributed by atoms with Gasteiger partial charge in [0.2, 0.25) is 0 Å². The van der Waals surface area contributed by atoms with Gasteiger partial charge in [0.1, 0.15) is 5.52 Å². The van der Waals surface area contributed by atoms with Gasteiger partial charge in [-0.3, -0.25) is 4.40 Å². The van der Waals surface area contributed by atoms with E-state index in [1.165, 1.54) is 74.8 Å². The number of aromatic nitrogens is 4. The molecule has 0 aliphatic carbocycles. The van der Waals surface area contributed by atoms with E-state index in [2.05, 4.69) is 142 Å². The van der Waals surface area contributed by atoms with Crippen LogP contribution in [0.1, 0.15) is 0 Å². The average molecular weight is 641 g/mol. The maximum absolute atomic E-state index is 5.27. The number of para-hydroxylation sites is 5. The molecule has 4 nitrogen and oxygen atoms in total. The number of benzene rings is 7. The molecule has 0 amide bonds. The Morgan fingerprint density at radius 2 is 1.24 bits per heavy atom. The van der Waals surface area contributed by atoms with Crippen molar-refractivity contribution in [3.8, 4) is 16.8 Å². The highest BCUT2D eigenvalue weighted by molar-refractivity contribution is 7.26. The van der Waals surface area contributed by atoms with Crippen LogP contribution in [0.15, 0.2) is 146 Å². The van der Waals surface area contributed by atoms with Crippen molar-refractivity contribution >= 4 is 103 Å². The van der Waals surface area contributed by atoms with Crippen LogP contribution >= 0.6 is 11.3 Å². The Labute approximate surface area is 283 Å². The Morgan fingerprint density at radius 1 is 0.490 bits per heavy atom. The van der Waals surface area contributed by atoms with Gasteiger partial charge in [0, 0.05) is 58.4 Å². The molecule has 0 fully saturated rings. The summed E-state index contributed by atoms with van der Waals surface area (Å²) in [5.41, 5.74) is 12.1. The van der Waals surface area contributed by atoms with Crippen molar-refractivity contribution in [3.63, 3.8) is 0 Å². The quantitative estimate of drug-likeness (QED) is 0.188. The van der Waals surface area contributed by atoms with Gasteiger partial charge in [-0.1, -0.05) is 91.0 Å². The van der Waals surface area contributed by atoms with Crippen molar-refractivity contribution in [1.29, 1.82) is 0 Å². The van der Waals surface area contributed by atoms with Crippen LogP contribution < -0.4 is 0 Å². The summed E-state index contributed by atoms with van der Waals surface area (Å²) in [5, 5.41) is 8.75. The normalized spacial score (nSPS) is 12.5. The van der Waals surface area contributed by atoms with Gasteiger partial charge < -0.3 is 4.57 Å². The second kappa shape index (κ2) is 9.19. The van der Waals surface area contributed by atoms with E-state index in [9.17, 15) is 0 Å². The monoisotopic (exact) mass is 640 g/mol. The van der Waals surface area contributed by atoms with E-state index < -0.39 is 0 Å². The fraction of sp³-hybridized carbons (Fsp3) is 0. The van der Waals surface area contributed by atoms with Gasteiger partial charge in [0.05, 0.1) is 33.1 Å². The lowest BCUT2D eigenvalue weighted by atomic mass is 9.99. The van der Waals surface area contributed by atoms with Gasteiger partial charge in [-0.15, -0.1) is 11.3 Å². The molecule has 0 N–H and O–H groups in total. The molecule has 0 spiro atoms. The highest BCUT2D eigenvalue weighted by Gasteiger charge is 2.25. The minimum Gasteiger partial charge on any atom is -0.309 e. The number of hydrogen-bond donors (Lipinski definition) is 0. The maximum Gasteiger partial charge on any atom is 0.165 e. The zero-order chi connectivity index (χ0) is 31.8. The van der Waals surface area contributed by atoms with Gasteiger partial charge >= 0.3 is 0 Å². The minimum absolute atomic E-state index is 0.911. The third-order valence-corrected chi connectivity index (χ3v) is 11.6. The Morgan fingerprint density at radius 3 is 2.14 bits per heavy atom. The van der Waals surface area contributed by atoms with Crippen molar-refractivity contribution < 1.29 is 0 Å². The van der Waals surface area contributed by atoms with Gasteiger partial charge in [-0.2, -0.15) is 0 Å².